The molecule has 6 nitrogen and oxygen atoms in total. The predicted molar refractivity (Wildman–Crippen MR) is 92.3 cm³/mol. The number of fused-ring (bicyclic) bond motifs is 1. The average Bonchev–Trinajstić information content (AvgIpc) is 3.03. The fourth-order valence-corrected chi connectivity index (χ4v) is 2.38. The number of pyridine rings is 1. The Balaban J connectivity index is 1.57. The molecule has 0 aliphatic carbocycles. The van der Waals surface area contributed by atoms with Crippen LogP contribution in [0.15, 0.2) is 48.7 Å². The van der Waals surface area contributed by atoms with Crippen LogP contribution in [0, 0.1) is 0 Å². The van der Waals surface area contributed by atoms with Crippen molar-refractivity contribution >= 4 is 17.2 Å². The minimum absolute atomic E-state index is 0.122. The molecule has 0 radical (unpaired) electrons. The molecule has 1 aromatic carbocycles. The van der Waals surface area contributed by atoms with Crippen LogP contribution >= 0.6 is 0 Å². The van der Waals surface area contributed by atoms with Crippen molar-refractivity contribution in [3.63, 3.8) is 0 Å². The van der Waals surface area contributed by atoms with E-state index >= 15 is 0 Å². The number of anilines is 1. The first-order chi connectivity index (χ1) is 11.7. The minimum Gasteiger partial charge on any atom is -0.453 e. The number of benzene rings is 1. The van der Waals surface area contributed by atoms with Crippen molar-refractivity contribution in [2.24, 2.45) is 0 Å². The van der Waals surface area contributed by atoms with E-state index in [0.29, 0.717) is 17.6 Å². The van der Waals surface area contributed by atoms with Crippen LogP contribution in [0.25, 0.3) is 5.65 Å². The molecule has 0 fully saturated rings. The van der Waals surface area contributed by atoms with Crippen LogP contribution in [0.1, 0.15) is 31.7 Å². The minimum atomic E-state index is -0.237. The number of carbonyl (C=O) groups is 1. The summed E-state index contributed by atoms with van der Waals surface area (Å²) in [5, 5.41) is 10.7. The van der Waals surface area contributed by atoms with E-state index in [4.69, 9.17) is 4.74 Å². The van der Waals surface area contributed by atoms with E-state index in [0.717, 1.165) is 12.1 Å². The van der Waals surface area contributed by atoms with E-state index in [1.165, 1.54) is 5.56 Å². The number of hydrogen-bond donors (Lipinski definition) is 1. The summed E-state index contributed by atoms with van der Waals surface area (Å²) in [6.45, 7) is 4.22. The topological polar surface area (TPSA) is 68.5 Å². The zero-order chi connectivity index (χ0) is 16.9. The van der Waals surface area contributed by atoms with Crippen LogP contribution in [0.5, 0.6) is 6.01 Å². The molecular formula is C18H20N4O2. The number of amides is 1. The number of nitrogens with one attached hydrogen (secondary N) is 1. The van der Waals surface area contributed by atoms with Crippen LogP contribution in [0.2, 0.25) is 0 Å². The molecule has 1 atom stereocenters. The van der Waals surface area contributed by atoms with E-state index in [1.807, 2.05) is 42.5 Å². The van der Waals surface area contributed by atoms with Crippen LogP contribution in [0.4, 0.5) is 5.69 Å². The summed E-state index contributed by atoms with van der Waals surface area (Å²) in [5.74, 6) is 0.276. The molecule has 0 aliphatic rings. The van der Waals surface area contributed by atoms with Gasteiger partial charge in [0, 0.05) is 11.9 Å². The molecule has 24 heavy (non-hydrogen) atoms. The molecule has 1 amide bonds. The van der Waals surface area contributed by atoms with Gasteiger partial charge in [0.25, 0.3) is 5.91 Å². The number of nitrogens with zero attached hydrogens (tertiary/aromatic N) is 3. The van der Waals surface area contributed by atoms with Gasteiger partial charge in [-0.2, -0.15) is 0 Å². The van der Waals surface area contributed by atoms with Crippen molar-refractivity contribution in [1.29, 1.82) is 0 Å². The quantitative estimate of drug-likeness (QED) is 0.755. The molecule has 0 aliphatic heterocycles. The molecular weight excluding hydrogens is 304 g/mol. The maximum Gasteiger partial charge on any atom is 0.322 e. The summed E-state index contributed by atoms with van der Waals surface area (Å²) in [7, 11) is 0. The second-order valence-corrected chi connectivity index (χ2v) is 5.68. The highest BCUT2D eigenvalue weighted by molar-refractivity contribution is 5.91. The van der Waals surface area contributed by atoms with Crippen molar-refractivity contribution < 1.29 is 9.53 Å². The van der Waals surface area contributed by atoms with Gasteiger partial charge in [0.15, 0.2) is 12.3 Å². The number of ether oxygens (including phenoxy) is 1. The van der Waals surface area contributed by atoms with Crippen molar-refractivity contribution in [2.75, 3.05) is 11.9 Å². The monoisotopic (exact) mass is 324 g/mol. The van der Waals surface area contributed by atoms with Crippen LogP contribution in [0.3, 0.4) is 0 Å². The Morgan fingerprint density at radius 3 is 2.75 bits per heavy atom. The molecule has 6 heteroatoms. The third-order valence-corrected chi connectivity index (χ3v) is 3.99. The third-order valence-electron chi connectivity index (χ3n) is 3.99. The van der Waals surface area contributed by atoms with Crippen molar-refractivity contribution in [2.45, 2.75) is 26.2 Å². The van der Waals surface area contributed by atoms with Crippen molar-refractivity contribution in [3.05, 3.63) is 54.2 Å². The maximum absolute atomic E-state index is 12.0. The second kappa shape index (κ2) is 7.12. The van der Waals surface area contributed by atoms with Gasteiger partial charge in [0.05, 0.1) is 0 Å². The van der Waals surface area contributed by atoms with Gasteiger partial charge in [-0.3, -0.25) is 9.20 Å². The Labute approximate surface area is 140 Å². The number of carbonyl (C=O) groups excluding carboxylic acids is 1. The van der Waals surface area contributed by atoms with Gasteiger partial charge < -0.3 is 10.1 Å². The molecule has 0 spiro atoms. The second-order valence-electron chi connectivity index (χ2n) is 5.68. The standard InChI is InChI=1S/C18H20N4O2/c1-3-13(2)14-7-9-15(10-8-14)19-17(23)12-24-18-21-20-16-6-4-5-11-22(16)18/h4-11,13H,3,12H2,1-2H3,(H,19,23)/t13-/m1/s1. The van der Waals surface area contributed by atoms with Gasteiger partial charge >= 0.3 is 6.01 Å². The first-order valence-corrected chi connectivity index (χ1v) is 7.99. The lowest BCUT2D eigenvalue weighted by Crippen LogP contribution is -2.20. The molecule has 0 unspecified atom stereocenters. The lowest BCUT2D eigenvalue weighted by molar-refractivity contribution is -0.118. The fraction of sp³-hybridized carbons (Fsp3) is 0.278. The van der Waals surface area contributed by atoms with Crippen LogP contribution in [-0.2, 0) is 4.79 Å². The summed E-state index contributed by atoms with van der Waals surface area (Å²) in [4.78, 5) is 12.0. The van der Waals surface area contributed by atoms with Gasteiger partial charge in [0.1, 0.15) is 0 Å². The normalized spacial score (nSPS) is 12.1. The van der Waals surface area contributed by atoms with Gasteiger partial charge in [-0.1, -0.05) is 37.1 Å². The molecule has 124 valence electrons. The first kappa shape index (κ1) is 16.0. The maximum atomic E-state index is 12.0. The Morgan fingerprint density at radius 1 is 1.21 bits per heavy atom. The zero-order valence-electron chi connectivity index (χ0n) is 13.8. The zero-order valence-corrected chi connectivity index (χ0v) is 13.8. The van der Waals surface area contributed by atoms with Crippen LogP contribution in [-0.4, -0.2) is 27.1 Å². The summed E-state index contributed by atoms with van der Waals surface area (Å²) < 4.78 is 7.14. The molecule has 3 rings (SSSR count). The highest BCUT2D eigenvalue weighted by Gasteiger charge is 2.09. The van der Waals surface area contributed by atoms with Gasteiger partial charge in [-0.15, -0.1) is 5.10 Å². The molecule has 0 saturated carbocycles. The summed E-state index contributed by atoms with van der Waals surface area (Å²) in [6, 6.07) is 13.7. The van der Waals surface area contributed by atoms with Crippen LogP contribution < -0.4 is 10.1 Å². The lowest BCUT2D eigenvalue weighted by atomic mass is 9.99. The van der Waals surface area contributed by atoms with Gasteiger partial charge in [0.2, 0.25) is 0 Å². The van der Waals surface area contributed by atoms with E-state index in [2.05, 4.69) is 29.4 Å². The van der Waals surface area contributed by atoms with E-state index in [1.54, 1.807) is 10.6 Å². The third kappa shape index (κ3) is 3.53. The summed E-state index contributed by atoms with van der Waals surface area (Å²) in [6.07, 6.45) is 2.88. The SMILES string of the molecule is CC[C@@H](C)c1ccc(NC(=O)COc2nnc3ccccn23)cc1. The lowest BCUT2D eigenvalue weighted by Gasteiger charge is -2.10. The smallest absolute Gasteiger partial charge is 0.322 e. The largest absolute Gasteiger partial charge is 0.453 e. The summed E-state index contributed by atoms with van der Waals surface area (Å²) >= 11 is 0. The molecule has 2 heterocycles. The van der Waals surface area contributed by atoms with Crippen molar-refractivity contribution in [3.8, 4) is 6.01 Å². The Bertz CT molecular complexity index is 826. The molecule has 0 bridgehead atoms. The highest BCUT2D eigenvalue weighted by Crippen LogP contribution is 2.20. The fourth-order valence-electron chi connectivity index (χ4n) is 2.38. The molecule has 1 N–H and O–H groups in total. The van der Waals surface area contributed by atoms with E-state index < -0.39 is 0 Å². The predicted octanol–water partition coefficient (Wildman–Crippen LogP) is 3.26. The Morgan fingerprint density at radius 2 is 2.00 bits per heavy atom. The van der Waals surface area contributed by atoms with Gasteiger partial charge in [-0.25, -0.2) is 0 Å². The highest BCUT2D eigenvalue weighted by atomic mass is 16.5. The Kier molecular flexibility index (Phi) is 4.74. The summed E-state index contributed by atoms with van der Waals surface area (Å²) in [5.41, 5.74) is 2.69. The Hall–Kier alpha value is -2.89. The number of rotatable bonds is 6. The average molecular weight is 324 g/mol. The van der Waals surface area contributed by atoms with Gasteiger partial charge in [-0.05, 0) is 42.2 Å². The molecule has 2 aromatic heterocycles. The number of aromatic nitrogens is 3. The van der Waals surface area contributed by atoms with E-state index in [-0.39, 0.29) is 12.5 Å². The van der Waals surface area contributed by atoms with Crippen molar-refractivity contribution in [1.82, 2.24) is 14.6 Å². The molecule has 3 aromatic rings. The number of hydrogen-bond acceptors (Lipinski definition) is 4. The van der Waals surface area contributed by atoms with E-state index in [9.17, 15) is 4.79 Å². The first-order valence-electron chi connectivity index (χ1n) is 7.99. The molecule has 0 saturated heterocycles.